The summed E-state index contributed by atoms with van der Waals surface area (Å²) in [6, 6.07) is 1.78. The third kappa shape index (κ3) is 2.82. The van der Waals surface area contributed by atoms with Gasteiger partial charge in [-0.25, -0.2) is 8.78 Å². The van der Waals surface area contributed by atoms with Crippen molar-refractivity contribution in [3.63, 3.8) is 0 Å². The van der Waals surface area contributed by atoms with E-state index in [4.69, 9.17) is 10.5 Å². The van der Waals surface area contributed by atoms with E-state index in [1.165, 1.54) is 12.1 Å². The molecule has 0 fully saturated rings. The highest BCUT2D eigenvalue weighted by Gasteiger charge is 2.32. The van der Waals surface area contributed by atoms with Gasteiger partial charge in [0.05, 0.1) is 11.6 Å². The summed E-state index contributed by atoms with van der Waals surface area (Å²) >= 11 is 0. The molecule has 0 heterocycles. The van der Waals surface area contributed by atoms with E-state index in [2.05, 4.69) is 0 Å². The van der Waals surface area contributed by atoms with E-state index in [1.807, 2.05) is 6.92 Å². The molecule has 0 aromatic heterocycles. The average molecular weight is 243 g/mol. The molecule has 0 radical (unpaired) electrons. The zero-order valence-corrected chi connectivity index (χ0v) is 10.7. The molecular formula is C13H19F2NO. The minimum absolute atomic E-state index is 0.108. The van der Waals surface area contributed by atoms with Crippen molar-refractivity contribution >= 4 is 0 Å². The van der Waals surface area contributed by atoms with E-state index in [9.17, 15) is 8.78 Å². The number of halogens is 2. The van der Waals surface area contributed by atoms with Crippen molar-refractivity contribution in [2.75, 3.05) is 6.61 Å². The van der Waals surface area contributed by atoms with Crippen molar-refractivity contribution in [1.29, 1.82) is 0 Å². The van der Waals surface area contributed by atoms with E-state index in [1.54, 1.807) is 20.8 Å². The zero-order chi connectivity index (χ0) is 13.2. The molecule has 17 heavy (non-hydrogen) atoms. The Bertz CT molecular complexity index is 405. The lowest BCUT2D eigenvalue weighted by Crippen LogP contribution is -2.39. The smallest absolute Gasteiger partial charge is 0.133 e. The maximum absolute atomic E-state index is 13.9. The molecule has 96 valence electrons. The molecule has 1 aromatic carbocycles. The van der Waals surface area contributed by atoms with Gasteiger partial charge >= 0.3 is 0 Å². The van der Waals surface area contributed by atoms with E-state index >= 15 is 0 Å². The van der Waals surface area contributed by atoms with Crippen LogP contribution in [-0.4, -0.2) is 12.2 Å². The lowest BCUT2D eigenvalue weighted by Gasteiger charge is -2.32. The fourth-order valence-electron chi connectivity index (χ4n) is 1.77. The van der Waals surface area contributed by atoms with Gasteiger partial charge in [-0.05, 0) is 39.3 Å². The average Bonchev–Trinajstić information content (AvgIpc) is 2.24. The topological polar surface area (TPSA) is 35.2 Å². The van der Waals surface area contributed by atoms with Crippen LogP contribution in [0, 0.1) is 18.6 Å². The largest absolute Gasteiger partial charge is 0.374 e. The Balaban J connectivity index is 3.20. The van der Waals surface area contributed by atoms with Crippen LogP contribution in [0.15, 0.2) is 12.1 Å². The number of hydrogen-bond acceptors (Lipinski definition) is 2. The second kappa shape index (κ2) is 5.10. The van der Waals surface area contributed by atoms with Crippen LogP contribution in [0.4, 0.5) is 8.78 Å². The van der Waals surface area contributed by atoms with Crippen LogP contribution in [0.2, 0.25) is 0 Å². The Morgan fingerprint density at radius 2 is 1.94 bits per heavy atom. The second-order valence-electron chi connectivity index (χ2n) is 4.61. The highest BCUT2D eigenvalue weighted by molar-refractivity contribution is 5.30. The summed E-state index contributed by atoms with van der Waals surface area (Å²) in [5.41, 5.74) is 5.38. The molecule has 0 bridgehead atoms. The van der Waals surface area contributed by atoms with Gasteiger partial charge in [-0.1, -0.05) is 6.07 Å². The van der Waals surface area contributed by atoms with Crippen LogP contribution in [0.25, 0.3) is 0 Å². The molecular weight excluding hydrogens is 224 g/mol. The van der Waals surface area contributed by atoms with Crippen LogP contribution >= 0.6 is 0 Å². The molecule has 0 aliphatic carbocycles. The Kier molecular flexibility index (Phi) is 4.22. The highest BCUT2D eigenvalue weighted by atomic mass is 19.1. The molecule has 0 saturated heterocycles. The first-order valence-electron chi connectivity index (χ1n) is 5.65. The summed E-state index contributed by atoms with van der Waals surface area (Å²) in [7, 11) is 0. The lowest BCUT2D eigenvalue weighted by molar-refractivity contribution is -0.0312. The predicted octanol–water partition coefficient (Wildman–Crippen LogP) is 3.09. The number of ether oxygens (including phenoxy) is 1. The van der Waals surface area contributed by atoms with E-state index < -0.39 is 23.3 Å². The summed E-state index contributed by atoms with van der Waals surface area (Å²) < 4.78 is 33.0. The molecule has 0 saturated carbocycles. The quantitative estimate of drug-likeness (QED) is 0.882. The molecule has 1 atom stereocenters. The minimum atomic E-state index is -0.845. The SMILES string of the molecule is CCOC(C)(C)C(N)c1c(F)ccc(C)c1F. The molecule has 4 heteroatoms. The van der Waals surface area contributed by atoms with Crippen molar-refractivity contribution in [2.24, 2.45) is 5.73 Å². The van der Waals surface area contributed by atoms with Gasteiger partial charge in [0.2, 0.25) is 0 Å². The summed E-state index contributed by atoms with van der Waals surface area (Å²) in [5.74, 6) is -1.22. The van der Waals surface area contributed by atoms with Crippen LogP contribution in [0.3, 0.4) is 0 Å². The normalized spacial score (nSPS) is 13.8. The van der Waals surface area contributed by atoms with Crippen molar-refractivity contribution < 1.29 is 13.5 Å². The Morgan fingerprint density at radius 3 is 2.47 bits per heavy atom. The van der Waals surface area contributed by atoms with Gasteiger partial charge in [0.1, 0.15) is 11.6 Å². The van der Waals surface area contributed by atoms with Crippen LogP contribution in [0.1, 0.15) is 37.9 Å². The Hall–Kier alpha value is -1.00. The zero-order valence-electron chi connectivity index (χ0n) is 10.7. The number of benzene rings is 1. The second-order valence-corrected chi connectivity index (χ2v) is 4.61. The highest BCUT2D eigenvalue weighted by Crippen LogP contribution is 2.31. The van der Waals surface area contributed by atoms with Crippen molar-refractivity contribution in [3.8, 4) is 0 Å². The molecule has 0 spiro atoms. The summed E-state index contributed by atoms with van der Waals surface area (Å²) in [4.78, 5) is 0. The number of hydrogen-bond donors (Lipinski definition) is 1. The minimum Gasteiger partial charge on any atom is -0.374 e. The number of rotatable bonds is 4. The van der Waals surface area contributed by atoms with Gasteiger partial charge < -0.3 is 10.5 Å². The Morgan fingerprint density at radius 1 is 1.35 bits per heavy atom. The molecule has 0 aliphatic heterocycles. The predicted molar refractivity (Wildman–Crippen MR) is 63.7 cm³/mol. The fraction of sp³-hybridized carbons (Fsp3) is 0.538. The number of aryl methyl sites for hydroxylation is 1. The Labute approximate surface area is 101 Å². The van der Waals surface area contributed by atoms with Crippen LogP contribution < -0.4 is 5.73 Å². The first kappa shape index (κ1) is 14.1. The lowest BCUT2D eigenvalue weighted by atomic mass is 9.90. The van der Waals surface area contributed by atoms with Crippen LogP contribution in [0.5, 0.6) is 0 Å². The fourth-order valence-corrected chi connectivity index (χ4v) is 1.77. The van der Waals surface area contributed by atoms with Gasteiger partial charge in [-0.3, -0.25) is 0 Å². The first-order valence-corrected chi connectivity index (χ1v) is 5.65. The van der Waals surface area contributed by atoms with Gasteiger partial charge in [-0.15, -0.1) is 0 Å². The van der Waals surface area contributed by atoms with Gasteiger partial charge in [0.15, 0.2) is 0 Å². The first-order chi connectivity index (χ1) is 7.81. The summed E-state index contributed by atoms with van der Waals surface area (Å²) in [5, 5.41) is 0. The maximum atomic E-state index is 13.9. The molecule has 1 unspecified atom stereocenters. The van der Waals surface area contributed by atoms with Gasteiger partial charge in [0.25, 0.3) is 0 Å². The van der Waals surface area contributed by atoms with E-state index in [0.29, 0.717) is 12.2 Å². The third-order valence-electron chi connectivity index (χ3n) is 2.90. The molecule has 2 nitrogen and oxygen atoms in total. The standard InChI is InChI=1S/C13H19F2NO/c1-5-17-13(3,4)12(16)10-9(14)7-6-8(2)11(10)15/h6-7,12H,5,16H2,1-4H3. The molecule has 0 aliphatic rings. The third-order valence-corrected chi connectivity index (χ3v) is 2.90. The molecule has 1 rings (SSSR count). The van der Waals surface area contributed by atoms with Gasteiger partial charge in [0, 0.05) is 12.2 Å². The van der Waals surface area contributed by atoms with Gasteiger partial charge in [-0.2, -0.15) is 0 Å². The molecule has 1 aromatic rings. The van der Waals surface area contributed by atoms with Crippen molar-refractivity contribution in [2.45, 2.75) is 39.3 Å². The molecule has 0 amide bonds. The van der Waals surface area contributed by atoms with Crippen molar-refractivity contribution in [3.05, 3.63) is 34.9 Å². The van der Waals surface area contributed by atoms with E-state index in [0.717, 1.165) is 0 Å². The summed E-state index contributed by atoms with van der Waals surface area (Å²) in [6.45, 7) is 7.29. The van der Waals surface area contributed by atoms with E-state index in [-0.39, 0.29) is 5.56 Å². The van der Waals surface area contributed by atoms with Crippen LogP contribution in [-0.2, 0) is 4.74 Å². The molecule has 2 N–H and O–H groups in total. The summed E-state index contributed by atoms with van der Waals surface area (Å²) in [6.07, 6.45) is 0. The monoisotopic (exact) mass is 243 g/mol. The number of nitrogens with two attached hydrogens (primary N) is 1. The maximum Gasteiger partial charge on any atom is 0.133 e. The van der Waals surface area contributed by atoms with Crippen molar-refractivity contribution in [1.82, 2.24) is 0 Å².